The van der Waals surface area contributed by atoms with Crippen molar-refractivity contribution >= 4 is 39.0 Å². The van der Waals surface area contributed by atoms with Gasteiger partial charge in [0.05, 0.1) is 16.7 Å². The van der Waals surface area contributed by atoms with E-state index in [2.05, 4.69) is 30.9 Å². The number of nitrogens with zero attached hydrogens (tertiary/aromatic N) is 4. The van der Waals surface area contributed by atoms with E-state index in [1.165, 1.54) is 6.07 Å². The Hall–Kier alpha value is -1.66. The maximum atomic E-state index is 14.3. The summed E-state index contributed by atoms with van der Waals surface area (Å²) in [6.07, 6.45) is 5.45. The minimum atomic E-state index is -0.224. The van der Waals surface area contributed by atoms with E-state index in [1.807, 2.05) is 12.3 Å². The molecular weight excluding hydrogens is 383 g/mol. The fraction of sp³-hybridized carbons (Fsp3) is 0.250. The molecule has 0 spiro atoms. The number of halogens is 3. The minimum absolute atomic E-state index is 0.0506. The molecule has 3 heterocycles. The van der Waals surface area contributed by atoms with Crippen molar-refractivity contribution in [2.45, 2.75) is 18.9 Å². The van der Waals surface area contributed by atoms with Crippen molar-refractivity contribution in [1.82, 2.24) is 14.6 Å². The highest BCUT2D eigenvalue weighted by molar-refractivity contribution is 9.10. The molecule has 118 valence electrons. The molecule has 1 fully saturated rings. The summed E-state index contributed by atoms with van der Waals surface area (Å²) in [4.78, 5) is 6.80. The van der Waals surface area contributed by atoms with Crippen LogP contribution in [0.15, 0.2) is 41.1 Å². The van der Waals surface area contributed by atoms with Crippen LogP contribution in [0.2, 0.25) is 5.02 Å². The molecule has 0 bridgehead atoms. The van der Waals surface area contributed by atoms with Gasteiger partial charge in [0.25, 0.3) is 0 Å². The molecule has 0 N–H and O–H groups in total. The average molecular weight is 396 g/mol. The van der Waals surface area contributed by atoms with Crippen molar-refractivity contribution in [2.75, 3.05) is 11.4 Å². The maximum Gasteiger partial charge on any atom is 0.171 e. The van der Waals surface area contributed by atoms with Gasteiger partial charge in [0, 0.05) is 23.3 Å². The molecule has 1 aliphatic rings. The van der Waals surface area contributed by atoms with E-state index in [0.29, 0.717) is 10.6 Å². The Bertz CT molecular complexity index is 882. The van der Waals surface area contributed by atoms with Crippen LogP contribution in [-0.4, -0.2) is 21.1 Å². The Balaban J connectivity index is 1.76. The van der Waals surface area contributed by atoms with Crippen molar-refractivity contribution in [3.05, 3.63) is 57.5 Å². The van der Waals surface area contributed by atoms with Gasteiger partial charge in [-0.1, -0.05) is 11.6 Å². The molecule has 1 saturated heterocycles. The molecule has 1 atom stereocenters. The first-order chi connectivity index (χ1) is 11.1. The molecule has 23 heavy (non-hydrogen) atoms. The third-order valence-corrected chi connectivity index (χ3v) is 4.97. The number of aromatic nitrogens is 3. The largest absolute Gasteiger partial charge is 0.349 e. The Morgan fingerprint density at radius 3 is 3.04 bits per heavy atom. The van der Waals surface area contributed by atoms with Crippen LogP contribution in [0, 0.1) is 5.82 Å². The summed E-state index contributed by atoms with van der Waals surface area (Å²) in [6, 6.07) is 6.58. The summed E-state index contributed by atoms with van der Waals surface area (Å²) < 4.78 is 16.8. The highest BCUT2D eigenvalue weighted by Crippen LogP contribution is 2.37. The molecule has 4 rings (SSSR count). The lowest BCUT2D eigenvalue weighted by Gasteiger charge is -2.26. The fourth-order valence-electron chi connectivity index (χ4n) is 3.13. The minimum Gasteiger partial charge on any atom is -0.349 e. The lowest BCUT2D eigenvalue weighted by atomic mass is 10.0. The SMILES string of the molecule is Fc1ccc(Cl)cc1C1CCCN1c1ccn2ncc(Br)c2n1. The van der Waals surface area contributed by atoms with Crippen LogP contribution in [0.4, 0.5) is 10.2 Å². The van der Waals surface area contributed by atoms with Gasteiger partial charge in [-0.15, -0.1) is 0 Å². The lowest BCUT2D eigenvalue weighted by molar-refractivity contribution is 0.579. The van der Waals surface area contributed by atoms with E-state index >= 15 is 0 Å². The van der Waals surface area contributed by atoms with Crippen LogP contribution in [0.3, 0.4) is 0 Å². The van der Waals surface area contributed by atoms with Gasteiger partial charge >= 0.3 is 0 Å². The summed E-state index contributed by atoms with van der Waals surface area (Å²) >= 11 is 9.50. The molecule has 1 unspecified atom stereocenters. The number of fused-ring (bicyclic) bond motifs is 1. The summed E-state index contributed by atoms with van der Waals surface area (Å²) in [5.74, 6) is 0.596. The van der Waals surface area contributed by atoms with E-state index in [-0.39, 0.29) is 11.9 Å². The molecule has 3 aromatic rings. The number of rotatable bonds is 2. The molecular formula is C16H13BrClFN4. The third-order valence-electron chi connectivity index (χ3n) is 4.18. The number of anilines is 1. The lowest BCUT2D eigenvalue weighted by Crippen LogP contribution is -2.24. The van der Waals surface area contributed by atoms with E-state index in [4.69, 9.17) is 11.6 Å². The van der Waals surface area contributed by atoms with Crippen LogP contribution in [0.5, 0.6) is 0 Å². The average Bonchev–Trinajstić information content (AvgIpc) is 3.17. The second-order valence-corrected chi connectivity index (χ2v) is 6.85. The van der Waals surface area contributed by atoms with Crippen molar-refractivity contribution in [2.24, 2.45) is 0 Å². The molecule has 0 aliphatic carbocycles. The Morgan fingerprint density at radius 1 is 1.30 bits per heavy atom. The maximum absolute atomic E-state index is 14.3. The molecule has 1 aliphatic heterocycles. The number of benzene rings is 1. The monoisotopic (exact) mass is 394 g/mol. The highest BCUT2D eigenvalue weighted by Gasteiger charge is 2.29. The third kappa shape index (κ3) is 2.60. The predicted molar refractivity (Wildman–Crippen MR) is 91.4 cm³/mol. The number of hydrogen-bond acceptors (Lipinski definition) is 3. The second-order valence-electron chi connectivity index (χ2n) is 5.56. The molecule has 0 radical (unpaired) electrons. The van der Waals surface area contributed by atoms with Gasteiger partial charge in [0.1, 0.15) is 11.6 Å². The van der Waals surface area contributed by atoms with Crippen LogP contribution >= 0.6 is 27.5 Å². The molecule has 2 aromatic heterocycles. The topological polar surface area (TPSA) is 33.4 Å². The zero-order valence-electron chi connectivity index (χ0n) is 12.1. The van der Waals surface area contributed by atoms with Gasteiger partial charge in [-0.25, -0.2) is 13.9 Å². The quantitative estimate of drug-likeness (QED) is 0.634. The normalized spacial score (nSPS) is 18.0. The smallest absolute Gasteiger partial charge is 0.171 e. The molecule has 0 saturated carbocycles. The predicted octanol–water partition coefficient (Wildman–Crippen LogP) is 4.63. The molecule has 0 amide bonds. The van der Waals surface area contributed by atoms with Crippen LogP contribution in [0.25, 0.3) is 5.65 Å². The summed E-state index contributed by atoms with van der Waals surface area (Å²) in [7, 11) is 0. The van der Waals surface area contributed by atoms with E-state index in [1.54, 1.807) is 22.8 Å². The van der Waals surface area contributed by atoms with Crippen molar-refractivity contribution in [3.63, 3.8) is 0 Å². The van der Waals surface area contributed by atoms with Crippen LogP contribution in [0.1, 0.15) is 24.4 Å². The Kier molecular flexibility index (Phi) is 3.73. The Morgan fingerprint density at radius 2 is 2.17 bits per heavy atom. The summed E-state index contributed by atoms with van der Waals surface area (Å²) in [6.45, 7) is 0.839. The van der Waals surface area contributed by atoms with E-state index in [9.17, 15) is 4.39 Å². The van der Waals surface area contributed by atoms with Gasteiger partial charge in [0.15, 0.2) is 5.65 Å². The van der Waals surface area contributed by atoms with Crippen LogP contribution < -0.4 is 4.90 Å². The van der Waals surface area contributed by atoms with Crippen molar-refractivity contribution in [3.8, 4) is 0 Å². The number of hydrogen-bond donors (Lipinski definition) is 0. The van der Waals surface area contributed by atoms with Gasteiger partial charge in [-0.3, -0.25) is 0 Å². The van der Waals surface area contributed by atoms with Crippen LogP contribution in [-0.2, 0) is 0 Å². The summed E-state index contributed by atoms with van der Waals surface area (Å²) in [5.41, 5.74) is 1.38. The fourth-order valence-corrected chi connectivity index (χ4v) is 3.67. The standard InChI is InChI=1S/C16H13BrClFN4/c17-12-9-20-23-7-5-15(21-16(12)23)22-6-1-2-14(22)11-8-10(18)3-4-13(11)19/h3-5,7-9,14H,1-2,6H2. The van der Waals surface area contributed by atoms with Gasteiger partial charge in [-0.2, -0.15) is 5.10 Å². The first-order valence-electron chi connectivity index (χ1n) is 7.35. The van der Waals surface area contributed by atoms with Crippen molar-refractivity contribution < 1.29 is 4.39 Å². The van der Waals surface area contributed by atoms with Gasteiger partial charge in [-0.05, 0) is 53.0 Å². The van der Waals surface area contributed by atoms with E-state index in [0.717, 1.165) is 35.3 Å². The molecule has 4 nitrogen and oxygen atoms in total. The first kappa shape index (κ1) is 14.9. The van der Waals surface area contributed by atoms with E-state index < -0.39 is 0 Å². The highest BCUT2D eigenvalue weighted by atomic mass is 79.9. The second kappa shape index (κ2) is 5.76. The van der Waals surface area contributed by atoms with Gasteiger partial charge in [0.2, 0.25) is 0 Å². The Labute approximate surface area is 146 Å². The van der Waals surface area contributed by atoms with Gasteiger partial charge < -0.3 is 4.90 Å². The summed E-state index contributed by atoms with van der Waals surface area (Å²) in [5, 5.41) is 4.75. The zero-order chi connectivity index (χ0) is 16.0. The molecule has 1 aromatic carbocycles. The zero-order valence-corrected chi connectivity index (χ0v) is 14.4. The first-order valence-corrected chi connectivity index (χ1v) is 8.52. The van der Waals surface area contributed by atoms with Crippen molar-refractivity contribution in [1.29, 1.82) is 0 Å². The molecule has 7 heteroatoms.